The Morgan fingerprint density at radius 3 is 2.46 bits per heavy atom. The van der Waals surface area contributed by atoms with Gasteiger partial charge in [0.05, 0.1) is 0 Å². The molecule has 1 fully saturated rings. The monoisotopic (exact) mass is 374 g/mol. The van der Waals surface area contributed by atoms with Gasteiger partial charge in [-0.15, -0.1) is 0 Å². The highest BCUT2D eigenvalue weighted by Crippen LogP contribution is 2.21. The molecule has 132 valence electrons. The van der Waals surface area contributed by atoms with E-state index in [1.165, 1.54) is 11.0 Å². The number of sulfonamides is 1. The van der Waals surface area contributed by atoms with Crippen LogP contribution in [-0.2, 0) is 14.8 Å². The molecule has 7 nitrogen and oxygen atoms in total. The molecule has 1 aromatic carbocycles. The molecule has 0 bridgehead atoms. The van der Waals surface area contributed by atoms with Gasteiger partial charge in [0.15, 0.2) is 0 Å². The molecular weight excluding hydrogens is 356 g/mol. The number of nitrogens with one attached hydrogen (secondary N) is 1. The van der Waals surface area contributed by atoms with E-state index in [0.29, 0.717) is 10.6 Å². The van der Waals surface area contributed by atoms with Crippen molar-refractivity contribution in [1.82, 2.24) is 9.62 Å². The van der Waals surface area contributed by atoms with Gasteiger partial charge in [-0.05, 0) is 24.1 Å². The molecule has 0 aliphatic carbocycles. The molecule has 0 spiro atoms. The van der Waals surface area contributed by atoms with Crippen LogP contribution in [0.5, 0.6) is 0 Å². The van der Waals surface area contributed by atoms with Crippen LogP contribution in [0.3, 0.4) is 0 Å². The third-order valence-corrected chi connectivity index (χ3v) is 5.86. The average Bonchev–Trinajstić information content (AvgIpc) is 2.42. The SMILES string of the molecule is CC(C)[C@@H](NS(=O)(=O)C1CN(C(=O)c2cccc(Cl)c2)C1)C(=O)O. The van der Waals surface area contributed by atoms with Gasteiger partial charge in [0.1, 0.15) is 11.3 Å². The molecule has 0 saturated carbocycles. The first-order valence-electron chi connectivity index (χ1n) is 7.40. The van der Waals surface area contributed by atoms with E-state index >= 15 is 0 Å². The first-order valence-corrected chi connectivity index (χ1v) is 9.33. The molecule has 1 amide bonds. The van der Waals surface area contributed by atoms with Crippen molar-refractivity contribution in [3.05, 3.63) is 34.9 Å². The van der Waals surface area contributed by atoms with Crippen molar-refractivity contribution < 1.29 is 23.1 Å². The fourth-order valence-electron chi connectivity index (χ4n) is 2.35. The van der Waals surface area contributed by atoms with Gasteiger partial charge >= 0.3 is 5.97 Å². The second kappa shape index (κ2) is 7.08. The first kappa shape index (κ1) is 18.7. The summed E-state index contributed by atoms with van der Waals surface area (Å²) in [6.45, 7) is 3.28. The molecule has 9 heteroatoms. The van der Waals surface area contributed by atoms with Gasteiger partial charge in [-0.25, -0.2) is 13.1 Å². The quantitative estimate of drug-likeness (QED) is 0.778. The lowest BCUT2D eigenvalue weighted by Crippen LogP contribution is -2.61. The fourth-order valence-corrected chi connectivity index (χ4v) is 4.21. The van der Waals surface area contributed by atoms with E-state index < -0.39 is 27.3 Å². The van der Waals surface area contributed by atoms with E-state index in [9.17, 15) is 18.0 Å². The Hall–Kier alpha value is -1.64. The number of hydrogen-bond donors (Lipinski definition) is 2. The number of carbonyl (C=O) groups is 2. The summed E-state index contributed by atoms with van der Waals surface area (Å²) in [6, 6.07) is 5.22. The minimum Gasteiger partial charge on any atom is -0.480 e. The number of rotatable bonds is 6. The largest absolute Gasteiger partial charge is 0.480 e. The van der Waals surface area contributed by atoms with E-state index in [2.05, 4.69) is 4.72 Å². The standard InChI is InChI=1S/C15H19ClN2O5S/c1-9(2)13(15(20)21)17-24(22,23)12-7-18(8-12)14(19)10-4-3-5-11(16)6-10/h3-6,9,12-13,17H,7-8H2,1-2H3,(H,20,21)/t13-/m1/s1. The number of likely N-dealkylation sites (tertiary alicyclic amines) is 1. The fraction of sp³-hybridized carbons (Fsp3) is 0.467. The third-order valence-electron chi connectivity index (χ3n) is 3.87. The lowest BCUT2D eigenvalue weighted by atomic mass is 10.1. The van der Waals surface area contributed by atoms with Crippen molar-refractivity contribution in [2.75, 3.05) is 13.1 Å². The number of carboxylic acid groups (broad SMARTS) is 1. The van der Waals surface area contributed by atoms with Gasteiger partial charge in [-0.2, -0.15) is 0 Å². The van der Waals surface area contributed by atoms with Crippen molar-refractivity contribution in [3.8, 4) is 0 Å². The summed E-state index contributed by atoms with van der Waals surface area (Å²) in [7, 11) is -3.82. The smallest absolute Gasteiger partial charge is 0.321 e. The predicted molar refractivity (Wildman–Crippen MR) is 89.5 cm³/mol. The first-order chi connectivity index (χ1) is 11.1. The van der Waals surface area contributed by atoms with Crippen molar-refractivity contribution >= 4 is 33.5 Å². The van der Waals surface area contributed by atoms with E-state index in [-0.39, 0.29) is 24.9 Å². The molecule has 1 aromatic rings. The van der Waals surface area contributed by atoms with Crippen molar-refractivity contribution in [3.63, 3.8) is 0 Å². The minimum absolute atomic E-state index is 0.0190. The Morgan fingerprint density at radius 2 is 1.96 bits per heavy atom. The number of aliphatic carboxylic acids is 1. The Labute approximate surface area is 145 Å². The van der Waals surface area contributed by atoms with Crippen LogP contribution in [0.15, 0.2) is 24.3 Å². The zero-order valence-corrected chi connectivity index (χ0v) is 14.8. The van der Waals surface area contributed by atoms with Crippen LogP contribution in [-0.4, -0.2) is 54.7 Å². The maximum absolute atomic E-state index is 12.3. The number of benzene rings is 1. The molecule has 24 heavy (non-hydrogen) atoms. The minimum atomic E-state index is -3.82. The van der Waals surface area contributed by atoms with Crippen LogP contribution < -0.4 is 4.72 Å². The predicted octanol–water partition coefficient (Wildman–Crippen LogP) is 1.19. The normalized spacial score (nSPS) is 16.8. The number of carbonyl (C=O) groups excluding carboxylic acids is 1. The van der Waals surface area contributed by atoms with Crippen LogP contribution in [0.25, 0.3) is 0 Å². The topological polar surface area (TPSA) is 104 Å². The molecule has 1 aliphatic heterocycles. The van der Waals surface area contributed by atoms with Gasteiger partial charge < -0.3 is 10.0 Å². The van der Waals surface area contributed by atoms with E-state index in [0.717, 1.165) is 0 Å². The summed E-state index contributed by atoms with van der Waals surface area (Å²) in [5.41, 5.74) is 0.386. The van der Waals surface area contributed by atoms with Crippen LogP contribution in [0, 0.1) is 5.92 Å². The molecule has 1 aliphatic rings. The molecule has 0 radical (unpaired) electrons. The molecule has 2 N–H and O–H groups in total. The number of nitrogens with zero attached hydrogens (tertiary/aromatic N) is 1. The van der Waals surface area contributed by atoms with Gasteiger partial charge in [0.2, 0.25) is 10.0 Å². The molecule has 1 heterocycles. The van der Waals surface area contributed by atoms with E-state index in [1.807, 2.05) is 0 Å². The summed E-state index contributed by atoms with van der Waals surface area (Å²) in [5, 5.41) is 8.70. The van der Waals surface area contributed by atoms with Crippen LogP contribution >= 0.6 is 11.6 Å². The second-order valence-corrected chi connectivity index (χ2v) is 8.49. The second-order valence-electron chi connectivity index (χ2n) is 6.07. The molecule has 2 rings (SSSR count). The maximum Gasteiger partial charge on any atom is 0.321 e. The van der Waals surface area contributed by atoms with Gasteiger partial charge in [0, 0.05) is 23.7 Å². The summed E-state index contributed by atoms with van der Waals surface area (Å²) in [4.78, 5) is 24.8. The zero-order valence-electron chi connectivity index (χ0n) is 13.3. The highest BCUT2D eigenvalue weighted by Gasteiger charge is 2.42. The Bertz CT molecular complexity index is 744. The van der Waals surface area contributed by atoms with Crippen LogP contribution in [0.1, 0.15) is 24.2 Å². The zero-order chi connectivity index (χ0) is 18.1. The third kappa shape index (κ3) is 4.06. The molecule has 0 aromatic heterocycles. The number of halogens is 1. The van der Waals surface area contributed by atoms with Crippen molar-refractivity contribution in [2.45, 2.75) is 25.1 Å². The van der Waals surface area contributed by atoms with E-state index in [1.54, 1.807) is 32.0 Å². The molecule has 1 atom stereocenters. The number of amides is 1. The van der Waals surface area contributed by atoms with Gasteiger partial charge in [0.25, 0.3) is 5.91 Å². The van der Waals surface area contributed by atoms with Crippen LogP contribution in [0.2, 0.25) is 5.02 Å². The average molecular weight is 375 g/mol. The lowest BCUT2D eigenvalue weighted by Gasteiger charge is -2.39. The van der Waals surface area contributed by atoms with Gasteiger partial charge in [-0.3, -0.25) is 9.59 Å². The molecule has 1 saturated heterocycles. The van der Waals surface area contributed by atoms with E-state index in [4.69, 9.17) is 16.7 Å². The number of carboxylic acids is 1. The highest BCUT2D eigenvalue weighted by molar-refractivity contribution is 7.90. The molecule has 0 unspecified atom stereocenters. The Morgan fingerprint density at radius 1 is 1.33 bits per heavy atom. The number of hydrogen-bond acceptors (Lipinski definition) is 4. The summed E-state index contributed by atoms with van der Waals surface area (Å²) >= 11 is 5.84. The summed E-state index contributed by atoms with van der Waals surface area (Å²) in [5.74, 6) is -1.91. The summed E-state index contributed by atoms with van der Waals surface area (Å²) in [6.07, 6.45) is 0. The van der Waals surface area contributed by atoms with Crippen LogP contribution in [0.4, 0.5) is 0 Å². The Balaban J connectivity index is 2.00. The van der Waals surface area contributed by atoms with Gasteiger partial charge in [-0.1, -0.05) is 31.5 Å². The highest BCUT2D eigenvalue weighted by atomic mass is 35.5. The van der Waals surface area contributed by atoms with Crippen molar-refractivity contribution in [2.24, 2.45) is 5.92 Å². The maximum atomic E-state index is 12.3. The van der Waals surface area contributed by atoms with Crippen molar-refractivity contribution in [1.29, 1.82) is 0 Å². The summed E-state index contributed by atoms with van der Waals surface area (Å²) < 4.78 is 26.7. The Kier molecular flexibility index (Phi) is 5.52. The molecular formula is C15H19ClN2O5S. The lowest BCUT2D eigenvalue weighted by molar-refractivity contribution is -0.140.